The molecule has 0 spiro atoms. The van der Waals surface area contributed by atoms with Crippen molar-refractivity contribution in [2.75, 3.05) is 19.6 Å². The van der Waals surface area contributed by atoms with Crippen molar-refractivity contribution >= 4 is 17.5 Å². The van der Waals surface area contributed by atoms with E-state index in [2.05, 4.69) is 18.0 Å². The van der Waals surface area contributed by atoms with Crippen LogP contribution >= 0.6 is 11.6 Å². The van der Waals surface area contributed by atoms with E-state index in [-0.39, 0.29) is 5.91 Å². The van der Waals surface area contributed by atoms with Crippen LogP contribution in [0, 0.1) is 0 Å². The quantitative estimate of drug-likeness (QED) is 0.591. The van der Waals surface area contributed by atoms with Crippen LogP contribution in [0.2, 0.25) is 5.02 Å². The van der Waals surface area contributed by atoms with Crippen LogP contribution in [-0.4, -0.2) is 36.5 Å². The van der Waals surface area contributed by atoms with Crippen molar-refractivity contribution in [2.24, 2.45) is 0 Å². The first-order valence-corrected chi connectivity index (χ1v) is 7.94. The SMILES string of the molecule is C=CCNCCC1CCC(=O)N1CCc1cccc(Cl)c1. The van der Waals surface area contributed by atoms with Crippen molar-refractivity contribution in [3.05, 3.63) is 47.5 Å². The van der Waals surface area contributed by atoms with E-state index >= 15 is 0 Å². The van der Waals surface area contributed by atoms with E-state index in [0.29, 0.717) is 12.5 Å². The molecule has 1 heterocycles. The van der Waals surface area contributed by atoms with Crippen molar-refractivity contribution < 1.29 is 4.79 Å². The Hall–Kier alpha value is -1.32. The molecule has 1 aliphatic rings. The minimum atomic E-state index is 0.283. The molecule has 1 amide bonds. The zero-order chi connectivity index (χ0) is 15.1. The number of amides is 1. The lowest BCUT2D eigenvalue weighted by Crippen LogP contribution is -2.36. The van der Waals surface area contributed by atoms with Crippen LogP contribution in [0.5, 0.6) is 0 Å². The van der Waals surface area contributed by atoms with Gasteiger partial charge in [0.15, 0.2) is 0 Å². The molecule has 1 aliphatic heterocycles. The van der Waals surface area contributed by atoms with Gasteiger partial charge in [-0.3, -0.25) is 4.79 Å². The maximum absolute atomic E-state index is 12.0. The van der Waals surface area contributed by atoms with Gasteiger partial charge < -0.3 is 10.2 Å². The average molecular weight is 307 g/mol. The van der Waals surface area contributed by atoms with Crippen LogP contribution in [0.4, 0.5) is 0 Å². The average Bonchev–Trinajstić information content (AvgIpc) is 2.82. The van der Waals surface area contributed by atoms with Gasteiger partial charge in [-0.05, 0) is 43.5 Å². The van der Waals surface area contributed by atoms with Crippen LogP contribution < -0.4 is 5.32 Å². The predicted octanol–water partition coefficient (Wildman–Crippen LogP) is 3.04. The van der Waals surface area contributed by atoms with Crippen molar-refractivity contribution in [1.82, 2.24) is 10.2 Å². The maximum atomic E-state index is 12.0. The third-order valence-electron chi connectivity index (χ3n) is 3.93. The van der Waals surface area contributed by atoms with Gasteiger partial charge >= 0.3 is 0 Å². The van der Waals surface area contributed by atoms with Gasteiger partial charge in [-0.25, -0.2) is 0 Å². The van der Waals surface area contributed by atoms with Gasteiger partial charge in [0.05, 0.1) is 0 Å². The fourth-order valence-electron chi connectivity index (χ4n) is 2.82. The van der Waals surface area contributed by atoms with E-state index in [1.165, 1.54) is 5.56 Å². The molecule has 3 nitrogen and oxygen atoms in total. The van der Waals surface area contributed by atoms with Crippen molar-refractivity contribution in [3.8, 4) is 0 Å². The molecule has 0 radical (unpaired) electrons. The Bertz CT molecular complexity index is 489. The van der Waals surface area contributed by atoms with E-state index in [4.69, 9.17) is 11.6 Å². The lowest BCUT2D eigenvalue weighted by molar-refractivity contribution is -0.128. The van der Waals surface area contributed by atoms with Gasteiger partial charge in [-0.15, -0.1) is 6.58 Å². The molecule has 21 heavy (non-hydrogen) atoms. The normalized spacial score (nSPS) is 18.2. The van der Waals surface area contributed by atoms with Crippen molar-refractivity contribution in [1.29, 1.82) is 0 Å². The summed E-state index contributed by atoms with van der Waals surface area (Å²) in [6.07, 6.45) is 5.39. The number of benzene rings is 1. The van der Waals surface area contributed by atoms with Crippen LogP contribution in [0.3, 0.4) is 0 Å². The Morgan fingerprint density at radius 2 is 2.33 bits per heavy atom. The standard InChI is InChI=1S/C17H23ClN2O/c1-2-10-19-11-8-16-6-7-17(21)20(16)12-9-14-4-3-5-15(18)13-14/h2-5,13,16,19H,1,6-12H2. The Labute approximate surface area is 132 Å². The van der Waals surface area contributed by atoms with E-state index in [0.717, 1.165) is 43.9 Å². The van der Waals surface area contributed by atoms with Gasteiger partial charge in [0.1, 0.15) is 0 Å². The summed E-state index contributed by atoms with van der Waals surface area (Å²) in [4.78, 5) is 14.1. The maximum Gasteiger partial charge on any atom is 0.222 e. The molecule has 0 aliphatic carbocycles. The number of nitrogens with zero attached hydrogens (tertiary/aromatic N) is 1. The fourth-order valence-corrected chi connectivity index (χ4v) is 3.03. The summed E-state index contributed by atoms with van der Waals surface area (Å²) in [5, 5.41) is 4.06. The third kappa shape index (κ3) is 4.87. The number of halogens is 1. The highest BCUT2D eigenvalue weighted by molar-refractivity contribution is 6.30. The van der Waals surface area contributed by atoms with Crippen molar-refractivity contribution in [2.45, 2.75) is 31.7 Å². The van der Waals surface area contributed by atoms with E-state index in [1.54, 1.807) is 0 Å². The molecular formula is C17H23ClN2O. The summed E-state index contributed by atoms with van der Waals surface area (Å²) in [7, 11) is 0. The molecular weight excluding hydrogens is 284 g/mol. The molecule has 0 saturated carbocycles. The second kappa shape index (κ2) is 8.20. The molecule has 1 aromatic rings. The monoisotopic (exact) mass is 306 g/mol. The summed E-state index contributed by atoms with van der Waals surface area (Å²) in [6.45, 7) is 6.22. The first-order chi connectivity index (χ1) is 10.2. The van der Waals surface area contributed by atoms with E-state index in [9.17, 15) is 4.79 Å². The minimum Gasteiger partial charge on any atom is -0.339 e. The summed E-state index contributed by atoms with van der Waals surface area (Å²) in [5.74, 6) is 0.283. The molecule has 1 N–H and O–H groups in total. The van der Waals surface area contributed by atoms with Crippen molar-refractivity contribution in [3.63, 3.8) is 0 Å². The summed E-state index contributed by atoms with van der Waals surface area (Å²) in [5.41, 5.74) is 1.19. The Kier molecular flexibility index (Phi) is 6.27. The first kappa shape index (κ1) is 16.1. The molecule has 0 aromatic heterocycles. The number of hydrogen-bond donors (Lipinski definition) is 1. The third-order valence-corrected chi connectivity index (χ3v) is 4.16. The summed E-state index contributed by atoms with van der Waals surface area (Å²) >= 11 is 6.00. The van der Waals surface area contributed by atoms with Crippen LogP contribution in [0.25, 0.3) is 0 Å². The summed E-state index contributed by atoms with van der Waals surface area (Å²) in [6, 6.07) is 8.24. The van der Waals surface area contributed by atoms with Crippen LogP contribution in [-0.2, 0) is 11.2 Å². The van der Waals surface area contributed by atoms with Gasteiger partial charge in [0.2, 0.25) is 5.91 Å². The zero-order valence-corrected chi connectivity index (χ0v) is 13.1. The van der Waals surface area contributed by atoms with E-state index < -0.39 is 0 Å². The molecule has 1 aromatic carbocycles. The Balaban J connectivity index is 1.83. The van der Waals surface area contributed by atoms with E-state index in [1.807, 2.05) is 29.2 Å². The van der Waals surface area contributed by atoms with Crippen LogP contribution in [0.1, 0.15) is 24.8 Å². The summed E-state index contributed by atoms with van der Waals surface area (Å²) < 4.78 is 0. The minimum absolute atomic E-state index is 0.283. The van der Waals surface area contributed by atoms with Crippen LogP contribution in [0.15, 0.2) is 36.9 Å². The molecule has 4 heteroatoms. The number of likely N-dealkylation sites (tertiary alicyclic amines) is 1. The molecule has 2 rings (SSSR count). The van der Waals surface area contributed by atoms with Gasteiger partial charge in [0, 0.05) is 30.6 Å². The predicted molar refractivity (Wildman–Crippen MR) is 87.6 cm³/mol. The second-order valence-electron chi connectivity index (χ2n) is 5.44. The number of hydrogen-bond acceptors (Lipinski definition) is 2. The number of nitrogens with one attached hydrogen (secondary N) is 1. The van der Waals surface area contributed by atoms with Gasteiger partial charge in [-0.2, -0.15) is 0 Å². The first-order valence-electron chi connectivity index (χ1n) is 7.56. The number of carbonyl (C=O) groups is 1. The molecule has 0 bridgehead atoms. The highest BCUT2D eigenvalue weighted by Crippen LogP contribution is 2.22. The lowest BCUT2D eigenvalue weighted by Gasteiger charge is -2.25. The highest BCUT2D eigenvalue weighted by atomic mass is 35.5. The Morgan fingerprint density at radius 1 is 1.48 bits per heavy atom. The largest absolute Gasteiger partial charge is 0.339 e. The molecule has 1 unspecified atom stereocenters. The zero-order valence-electron chi connectivity index (χ0n) is 12.4. The fraction of sp³-hybridized carbons (Fsp3) is 0.471. The molecule has 1 atom stereocenters. The number of rotatable bonds is 8. The molecule has 1 saturated heterocycles. The molecule has 114 valence electrons. The second-order valence-corrected chi connectivity index (χ2v) is 5.88. The lowest BCUT2D eigenvalue weighted by atomic mass is 10.1. The smallest absolute Gasteiger partial charge is 0.222 e. The van der Waals surface area contributed by atoms with Gasteiger partial charge in [0.25, 0.3) is 0 Å². The number of carbonyl (C=O) groups excluding carboxylic acids is 1. The highest BCUT2D eigenvalue weighted by Gasteiger charge is 2.29. The molecule has 1 fully saturated rings. The Morgan fingerprint density at radius 3 is 3.10 bits per heavy atom. The van der Waals surface area contributed by atoms with Gasteiger partial charge in [-0.1, -0.05) is 29.8 Å². The topological polar surface area (TPSA) is 32.3 Å².